The Kier molecular flexibility index (Phi) is 5.02. The summed E-state index contributed by atoms with van der Waals surface area (Å²) in [5.41, 5.74) is 0.735. The van der Waals surface area contributed by atoms with Crippen LogP contribution in [0.4, 0.5) is 5.69 Å². The zero-order valence-corrected chi connectivity index (χ0v) is 15.6. The van der Waals surface area contributed by atoms with Gasteiger partial charge >= 0.3 is 0 Å². The Morgan fingerprint density at radius 2 is 1.46 bits per heavy atom. The van der Waals surface area contributed by atoms with Gasteiger partial charge in [0.2, 0.25) is 6.04 Å². The molecule has 3 aromatic carbocycles. The summed E-state index contributed by atoms with van der Waals surface area (Å²) in [6.07, 6.45) is 3.93. The third-order valence-electron chi connectivity index (χ3n) is 4.64. The van der Waals surface area contributed by atoms with Crippen LogP contribution in [0.25, 0.3) is 10.8 Å². The van der Waals surface area contributed by atoms with Gasteiger partial charge in [-0.1, -0.05) is 36.4 Å². The first kappa shape index (κ1) is 17.7. The fourth-order valence-electron chi connectivity index (χ4n) is 3.00. The van der Waals surface area contributed by atoms with Crippen molar-refractivity contribution in [3.63, 3.8) is 0 Å². The van der Waals surface area contributed by atoms with Gasteiger partial charge in [-0.2, -0.15) is 4.57 Å². The van der Waals surface area contributed by atoms with Crippen LogP contribution in [0.1, 0.15) is 13.0 Å². The third-order valence-corrected chi connectivity index (χ3v) is 4.64. The van der Waals surface area contributed by atoms with Crippen LogP contribution < -0.4 is 14.6 Å². The quantitative estimate of drug-likeness (QED) is 0.496. The van der Waals surface area contributed by atoms with Gasteiger partial charge in [-0.05, 0) is 47.9 Å². The van der Waals surface area contributed by atoms with Gasteiger partial charge in [-0.15, -0.1) is 0 Å². The van der Waals surface area contributed by atoms with Crippen molar-refractivity contribution in [1.29, 1.82) is 0 Å². The summed E-state index contributed by atoms with van der Waals surface area (Å²) in [7, 11) is 0. The van der Waals surface area contributed by atoms with E-state index in [-0.39, 0.29) is 11.9 Å². The van der Waals surface area contributed by atoms with Gasteiger partial charge < -0.3 is 10.1 Å². The summed E-state index contributed by atoms with van der Waals surface area (Å²) in [5.74, 6) is 1.43. The predicted molar refractivity (Wildman–Crippen MR) is 110 cm³/mol. The Hall–Kier alpha value is -3.66. The minimum absolute atomic E-state index is 0.0722. The number of carbonyl (C=O) groups excluding carboxylic acids is 1. The SMILES string of the molecule is C[C@H](C(=O)Nc1ccc(Oc2ccccc2)cc1)[n+]1ccc2ccccc2c1. The van der Waals surface area contributed by atoms with E-state index in [2.05, 4.69) is 11.4 Å². The van der Waals surface area contributed by atoms with Crippen molar-refractivity contribution in [3.8, 4) is 11.5 Å². The largest absolute Gasteiger partial charge is 0.457 e. The number of hydrogen-bond acceptors (Lipinski definition) is 2. The Labute approximate surface area is 164 Å². The highest BCUT2D eigenvalue weighted by atomic mass is 16.5. The summed E-state index contributed by atoms with van der Waals surface area (Å²) in [5, 5.41) is 5.22. The molecule has 1 heterocycles. The molecule has 0 bridgehead atoms. The fraction of sp³-hybridized carbons (Fsp3) is 0.0833. The molecule has 1 atom stereocenters. The summed E-state index contributed by atoms with van der Waals surface area (Å²) in [6.45, 7) is 1.89. The van der Waals surface area contributed by atoms with Crippen LogP contribution in [0.3, 0.4) is 0 Å². The number of carbonyl (C=O) groups is 1. The van der Waals surface area contributed by atoms with Crippen molar-refractivity contribution >= 4 is 22.4 Å². The number of rotatable bonds is 5. The van der Waals surface area contributed by atoms with Crippen LogP contribution in [0.2, 0.25) is 0 Å². The number of benzene rings is 3. The Balaban J connectivity index is 1.43. The number of nitrogens with zero attached hydrogens (tertiary/aromatic N) is 1. The standard InChI is InChI=1S/C24H20N2O2/c1-18(26-16-15-19-7-5-6-8-20(19)17-26)24(27)25-21-11-13-23(14-12-21)28-22-9-3-2-4-10-22/h2-18H,1H3/p+1/t18-/m1/s1. The zero-order chi connectivity index (χ0) is 19.3. The molecule has 0 saturated heterocycles. The number of anilines is 1. The van der Waals surface area contributed by atoms with E-state index in [0.29, 0.717) is 0 Å². The highest BCUT2D eigenvalue weighted by Crippen LogP contribution is 2.23. The molecule has 0 aliphatic heterocycles. The first-order valence-electron chi connectivity index (χ1n) is 9.22. The van der Waals surface area contributed by atoms with E-state index >= 15 is 0 Å². The number of nitrogens with one attached hydrogen (secondary N) is 1. The summed E-state index contributed by atoms with van der Waals surface area (Å²) < 4.78 is 7.70. The first-order chi connectivity index (χ1) is 13.7. The van der Waals surface area contributed by atoms with Crippen LogP contribution in [0, 0.1) is 0 Å². The minimum atomic E-state index is -0.329. The lowest BCUT2D eigenvalue weighted by Crippen LogP contribution is -2.44. The van der Waals surface area contributed by atoms with Crippen molar-refractivity contribution in [1.82, 2.24) is 0 Å². The van der Waals surface area contributed by atoms with Crippen LogP contribution in [0.15, 0.2) is 97.3 Å². The lowest BCUT2D eigenvalue weighted by atomic mass is 10.1. The number of aromatic nitrogens is 1. The smallest absolute Gasteiger partial charge is 0.293 e. The molecule has 0 aliphatic rings. The third kappa shape index (κ3) is 4.01. The van der Waals surface area contributed by atoms with Crippen LogP contribution >= 0.6 is 0 Å². The van der Waals surface area contributed by atoms with Gasteiger partial charge in [0.25, 0.3) is 5.91 Å². The van der Waals surface area contributed by atoms with Gasteiger partial charge in [-0.25, -0.2) is 0 Å². The summed E-state index contributed by atoms with van der Waals surface area (Å²) in [6, 6.07) is 26.8. The molecule has 28 heavy (non-hydrogen) atoms. The maximum Gasteiger partial charge on any atom is 0.293 e. The Morgan fingerprint density at radius 1 is 0.821 bits per heavy atom. The van der Waals surface area contributed by atoms with E-state index in [4.69, 9.17) is 4.74 Å². The van der Waals surface area contributed by atoms with Gasteiger partial charge in [0.15, 0.2) is 12.4 Å². The Morgan fingerprint density at radius 3 is 2.21 bits per heavy atom. The summed E-state index contributed by atoms with van der Waals surface area (Å²) >= 11 is 0. The molecule has 1 N–H and O–H groups in total. The van der Waals surface area contributed by atoms with Crippen molar-refractivity contribution in [2.45, 2.75) is 13.0 Å². The molecule has 0 radical (unpaired) electrons. The van der Waals surface area contributed by atoms with Crippen LogP contribution in [0.5, 0.6) is 11.5 Å². The molecule has 4 heteroatoms. The highest BCUT2D eigenvalue weighted by molar-refractivity contribution is 5.92. The number of para-hydroxylation sites is 1. The molecule has 0 aliphatic carbocycles. The average Bonchev–Trinajstić information content (AvgIpc) is 2.75. The number of fused-ring (bicyclic) bond motifs is 1. The summed E-state index contributed by atoms with van der Waals surface area (Å²) in [4.78, 5) is 12.7. The minimum Gasteiger partial charge on any atom is -0.457 e. The zero-order valence-electron chi connectivity index (χ0n) is 15.6. The lowest BCUT2D eigenvalue weighted by molar-refractivity contribution is -0.704. The van der Waals surface area contributed by atoms with Gasteiger partial charge in [0, 0.05) is 24.1 Å². The van der Waals surface area contributed by atoms with E-state index in [9.17, 15) is 4.79 Å². The van der Waals surface area contributed by atoms with Gasteiger partial charge in [-0.3, -0.25) is 4.79 Å². The molecule has 4 nitrogen and oxygen atoms in total. The first-order valence-corrected chi connectivity index (χ1v) is 9.22. The van der Waals surface area contributed by atoms with Crippen molar-refractivity contribution < 1.29 is 14.1 Å². The average molecular weight is 369 g/mol. The van der Waals surface area contributed by atoms with E-state index in [1.807, 2.05) is 103 Å². The molecule has 0 fully saturated rings. The molecular formula is C24H21N2O2+. The molecule has 4 rings (SSSR count). The van der Waals surface area contributed by atoms with Gasteiger partial charge in [0.05, 0.1) is 0 Å². The monoisotopic (exact) mass is 369 g/mol. The molecule has 0 unspecified atom stereocenters. The molecule has 0 saturated carbocycles. The van der Waals surface area contributed by atoms with Crippen molar-refractivity contribution in [3.05, 3.63) is 97.3 Å². The second-order valence-electron chi connectivity index (χ2n) is 6.63. The van der Waals surface area contributed by atoms with Crippen LogP contribution in [-0.4, -0.2) is 5.91 Å². The van der Waals surface area contributed by atoms with Crippen molar-refractivity contribution in [2.75, 3.05) is 5.32 Å². The number of ether oxygens (including phenoxy) is 1. The number of hydrogen-bond donors (Lipinski definition) is 1. The topological polar surface area (TPSA) is 42.2 Å². The van der Waals surface area contributed by atoms with Gasteiger partial charge in [0.1, 0.15) is 11.5 Å². The molecule has 1 aromatic heterocycles. The maximum absolute atomic E-state index is 12.7. The fourth-order valence-corrected chi connectivity index (χ4v) is 3.00. The van der Waals surface area contributed by atoms with E-state index in [1.165, 1.54) is 0 Å². The molecule has 0 spiro atoms. The molecule has 4 aromatic rings. The number of pyridine rings is 1. The van der Waals surface area contributed by atoms with Crippen molar-refractivity contribution in [2.24, 2.45) is 0 Å². The van der Waals surface area contributed by atoms with E-state index in [1.54, 1.807) is 0 Å². The molecular weight excluding hydrogens is 348 g/mol. The Bertz CT molecular complexity index is 1090. The highest BCUT2D eigenvalue weighted by Gasteiger charge is 2.22. The van der Waals surface area contributed by atoms with E-state index < -0.39 is 0 Å². The lowest BCUT2D eigenvalue weighted by Gasteiger charge is -2.10. The second-order valence-corrected chi connectivity index (χ2v) is 6.63. The van der Waals surface area contributed by atoms with Crippen LogP contribution in [-0.2, 0) is 4.79 Å². The maximum atomic E-state index is 12.7. The normalized spacial score (nSPS) is 11.8. The van der Waals surface area contributed by atoms with E-state index in [0.717, 1.165) is 28.0 Å². The predicted octanol–water partition coefficient (Wildman–Crippen LogP) is 5.12. The molecule has 138 valence electrons. The number of amides is 1. The molecule has 1 amide bonds. The second kappa shape index (κ2) is 7.92.